The molecule has 0 atom stereocenters. The summed E-state index contributed by atoms with van der Waals surface area (Å²) < 4.78 is 125. The number of alkyl halides is 6. The summed E-state index contributed by atoms with van der Waals surface area (Å²) in [6.45, 7) is 13.4. The van der Waals surface area contributed by atoms with E-state index in [0.29, 0.717) is 94.2 Å². The van der Waals surface area contributed by atoms with Gasteiger partial charge in [-0.2, -0.15) is 36.5 Å². The number of carbonyl (C=O) groups is 3. The molecule has 2 aliphatic heterocycles. The molecule has 21 nitrogen and oxygen atoms in total. The number of alkyl carbamates (subject to hydrolysis) is 1. The molecule has 10 aromatic rings. The molecule has 6 aromatic heterocycles. The van der Waals surface area contributed by atoms with Gasteiger partial charge >= 0.3 is 30.4 Å². The number of carboxylic acid groups (broad SMARTS) is 1. The summed E-state index contributed by atoms with van der Waals surface area (Å²) in [5, 5.41) is 31.4. The Hall–Kier alpha value is -10.0. The van der Waals surface area contributed by atoms with Crippen molar-refractivity contribution in [3.8, 4) is 33.9 Å². The average Bonchev–Trinajstić information content (AvgIpc) is 1.60. The van der Waals surface area contributed by atoms with Crippen molar-refractivity contribution in [3.05, 3.63) is 177 Å². The summed E-state index contributed by atoms with van der Waals surface area (Å²) in [5.74, 6) is -2.45. The van der Waals surface area contributed by atoms with Crippen molar-refractivity contribution in [2.75, 3.05) is 36.0 Å². The molecular formula is C69H73ClF8N14O7. The molecule has 4 aromatic carbocycles. The van der Waals surface area contributed by atoms with E-state index in [1.807, 2.05) is 59.6 Å². The van der Waals surface area contributed by atoms with Crippen LogP contribution in [0.15, 0.2) is 97.8 Å². The van der Waals surface area contributed by atoms with Gasteiger partial charge in [0.25, 0.3) is 0 Å². The molecule has 1 amide bonds. The summed E-state index contributed by atoms with van der Waals surface area (Å²) in [6.07, 6.45) is 0.520. The van der Waals surface area contributed by atoms with Crippen molar-refractivity contribution >= 4 is 64.1 Å². The van der Waals surface area contributed by atoms with Crippen LogP contribution >= 0.6 is 12.4 Å². The second-order valence-electron chi connectivity index (χ2n) is 24.1. The fourth-order valence-electron chi connectivity index (χ4n) is 12.1. The van der Waals surface area contributed by atoms with Gasteiger partial charge in [-0.1, -0.05) is 64.1 Å². The number of H-pyrrole nitrogens is 2. The number of hydrogen-bond acceptors (Lipinski definition) is 15. The number of esters is 1. The van der Waals surface area contributed by atoms with Gasteiger partial charge in [-0.15, -0.1) is 12.4 Å². The van der Waals surface area contributed by atoms with E-state index in [4.69, 9.17) is 30.5 Å². The molecule has 12 rings (SSSR count). The number of hydrogen-bond donors (Lipinski definition) is 6. The highest BCUT2D eigenvalue weighted by atomic mass is 35.5. The zero-order valence-electron chi connectivity index (χ0n) is 55.1. The van der Waals surface area contributed by atoms with Gasteiger partial charge in [-0.25, -0.2) is 42.9 Å². The van der Waals surface area contributed by atoms with Crippen LogP contribution in [-0.4, -0.2) is 109 Å². The average molecular weight is 1400 g/mol. The summed E-state index contributed by atoms with van der Waals surface area (Å²) in [6, 6.07) is 18.4. The Kier molecular flexibility index (Phi) is 22.5. The number of nitrogens with two attached hydrogens (primary N) is 1. The third-order valence-electron chi connectivity index (χ3n) is 16.7. The zero-order chi connectivity index (χ0) is 70.5. The lowest BCUT2D eigenvalue weighted by Gasteiger charge is -2.27. The van der Waals surface area contributed by atoms with Crippen LogP contribution in [-0.2, 0) is 96.2 Å². The number of carboxylic acids is 1. The molecule has 8 heterocycles. The number of aryl methyl sites for hydroxylation is 4. The highest BCUT2D eigenvalue weighted by molar-refractivity contribution is 5.99. The molecule has 0 spiro atoms. The number of aliphatic hydroxyl groups excluding tert-OH is 1. The number of para-hydroxylation sites is 2. The Balaban J connectivity index is 0.000000197. The van der Waals surface area contributed by atoms with E-state index in [0.717, 1.165) is 93.8 Å². The van der Waals surface area contributed by atoms with Crippen molar-refractivity contribution in [2.24, 2.45) is 5.73 Å². The van der Waals surface area contributed by atoms with Crippen LogP contribution in [0.2, 0.25) is 0 Å². The second kappa shape index (κ2) is 30.4. The Labute approximate surface area is 569 Å². The number of ether oxygens (including phenoxy) is 2. The van der Waals surface area contributed by atoms with Crippen LogP contribution < -0.4 is 20.9 Å². The summed E-state index contributed by atoms with van der Waals surface area (Å²) in [7, 11) is 0. The van der Waals surface area contributed by atoms with Gasteiger partial charge in [0.2, 0.25) is 11.9 Å². The number of halogens is 9. The zero-order valence-corrected chi connectivity index (χ0v) is 55.9. The minimum Gasteiger partial charge on any atom is -0.480 e. The summed E-state index contributed by atoms with van der Waals surface area (Å²) >= 11 is 0. The Morgan fingerprint density at radius 2 is 1.03 bits per heavy atom. The number of carbonyl (C=O) groups excluding carboxylic acids is 2. The van der Waals surface area contributed by atoms with Crippen LogP contribution in [0.5, 0.6) is 0 Å². The molecule has 0 unspecified atom stereocenters. The highest BCUT2D eigenvalue weighted by Gasteiger charge is 2.37. The fraction of sp³-hybridized carbons (Fsp3) is 0.348. The molecule has 30 heteroatoms. The van der Waals surface area contributed by atoms with Gasteiger partial charge < -0.3 is 50.5 Å². The molecule has 7 N–H and O–H groups in total. The van der Waals surface area contributed by atoms with Gasteiger partial charge in [0.1, 0.15) is 30.4 Å². The summed E-state index contributed by atoms with van der Waals surface area (Å²) in [4.78, 5) is 58.4. The Morgan fingerprint density at radius 1 is 0.626 bits per heavy atom. The monoisotopic (exact) mass is 1400 g/mol. The Bertz CT molecular complexity index is 4520. The van der Waals surface area contributed by atoms with E-state index in [1.165, 1.54) is 12.1 Å². The van der Waals surface area contributed by atoms with Gasteiger partial charge in [-0.05, 0) is 93.0 Å². The largest absolute Gasteiger partial charge is 0.480 e. The quantitative estimate of drug-likeness (QED) is 0.0387. The molecule has 99 heavy (non-hydrogen) atoms. The van der Waals surface area contributed by atoms with Crippen LogP contribution in [0.4, 0.5) is 51.8 Å². The smallest absolute Gasteiger partial charge is 0.419 e. The van der Waals surface area contributed by atoms with Gasteiger partial charge in [0.15, 0.2) is 0 Å². The number of aliphatic carboxylic acids is 1. The van der Waals surface area contributed by atoms with Crippen molar-refractivity contribution in [2.45, 2.75) is 131 Å². The number of nitrogens with one attached hydrogen (secondary N) is 3. The minimum atomic E-state index is -4.56. The number of rotatable bonds is 16. The number of aromatic nitrogens is 10. The van der Waals surface area contributed by atoms with E-state index >= 15 is 8.78 Å². The molecule has 0 saturated carbocycles. The lowest BCUT2D eigenvalue weighted by atomic mass is 9.95. The number of fused-ring (bicyclic) bond motifs is 4. The van der Waals surface area contributed by atoms with Crippen molar-refractivity contribution in [1.29, 1.82) is 0 Å². The lowest BCUT2D eigenvalue weighted by molar-refractivity contribution is -0.143. The lowest BCUT2D eigenvalue weighted by Crippen LogP contribution is -2.35. The van der Waals surface area contributed by atoms with Crippen LogP contribution in [0.3, 0.4) is 0 Å². The molecule has 0 fully saturated rings. The van der Waals surface area contributed by atoms with Gasteiger partial charge in [-0.3, -0.25) is 9.59 Å². The molecule has 0 bridgehead atoms. The molecule has 2 aliphatic rings. The number of nitrogens with zero attached hydrogens (tertiary/aromatic N) is 10. The number of benzene rings is 4. The first-order valence-electron chi connectivity index (χ1n) is 31.6. The van der Waals surface area contributed by atoms with Crippen LogP contribution in [0, 0.1) is 11.6 Å². The van der Waals surface area contributed by atoms with E-state index in [1.54, 1.807) is 55.1 Å². The SMILES string of the molecule is CC(C)(C)OC(=O)NCC(=O)O.CCc1cccc(CC)c1-n1nc2c(c1-c1c(F)cc(CO)c3[nH]ccc13)CN(c1ncc(C(F)(F)F)cn1)CC2.CCc1cccc(CC)c1-n1nc2c(c1-c1c(F)cc(COC(=O)CN)c3[nH]ccc13)CN(c1ncc(C(F)(F)F)cn1)CC2.Cl. The third kappa shape index (κ3) is 15.8. The maximum absolute atomic E-state index is 16.5. The van der Waals surface area contributed by atoms with E-state index in [-0.39, 0.29) is 57.2 Å². The number of anilines is 2. The topological polar surface area (TPSA) is 273 Å². The number of amides is 1. The van der Waals surface area contributed by atoms with E-state index < -0.39 is 65.3 Å². The molecule has 0 radical (unpaired) electrons. The maximum atomic E-state index is 16.5. The van der Waals surface area contributed by atoms with E-state index in [2.05, 4.69) is 49.1 Å². The standard InChI is InChI=1S/C32H31F4N7O2.C30H28F4N6O.C7H13NO4.ClH/c1-3-18-6-5-7-19(4-2)29(18)43-30(27-22-8-10-38-28(22)20(12-24(27)33)17-45-26(44)13-37)23-16-42(11-9-25(23)41-43)31-39-14-21(15-40-31)32(34,35)36;1-3-17-6-5-7-18(4-2)27(17)40-28(25-21-8-10-35-26(21)19(16-41)12-23(25)31)22-15-39(11-9-24(22)38-40)29-36-13-20(14-37-29)30(32,33)34;1-7(2,3)12-6(11)8-4-5(9)10;/h5-8,10,12,14-15,38H,3-4,9,11,13,16-17,37H2,1-2H3;5-8,10,12-14,35,41H,3-4,9,11,15-16H2,1-2H3;4H2,1-3H3,(H,8,11)(H,9,10);1H. The predicted molar refractivity (Wildman–Crippen MR) is 357 cm³/mol. The van der Waals surface area contributed by atoms with Crippen molar-refractivity contribution in [1.82, 2.24) is 54.8 Å². The van der Waals surface area contributed by atoms with Crippen LogP contribution in [0.25, 0.3) is 55.7 Å². The first kappa shape index (κ1) is 73.3. The predicted octanol–water partition coefficient (Wildman–Crippen LogP) is 12.8. The number of aromatic amines is 2. The van der Waals surface area contributed by atoms with Gasteiger partial charge in [0, 0.05) is 120 Å². The normalized spacial score (nSPS) is 13.0. The fourth-order valence-corrected chi connectivity index (χ4v) is 12.1. The van der Waals surface area contributed by atoms with Gasteiger partial charge in [0.05, 0.1) is 69.5 Å². The molecular weight excluding hydrogens is 1320 g/mol. The Morgan fingerprint density at radius 3 is 1.39 bits per heavy atom. The minimum absolute atomic E-state index is 0. The third-order valence-corrected chi connectivity index (χ3v) is 16.7. The van der Waals surface area contributed by atoms with Crippen LogP contribution in [0.1, 0.15) is 115 Å². The van der Waals surface area contributed by atoms with Crippen molar-refractivity contribution < 1.29 is 69.2 Å². The van der Waals surface area contributed by atoms with E-state index in [9.17, 15) is 45.8 Å². The first-order valence-corrected chi connectivity index (χ1v) is 31.6. The second-order valence-corrected chi connectivity index (χ2v) is 24.1. The van der Waals surface area contributed by atoms with Crippen molar-refractivity contribution in [3.63, 3.8) is 0 Å². The molecule has 0 saturated heterocycles. The first-order chi connectivity index (χ1) is 46.7. The highest BCUT2D eigenvalue weighted by Crippen LogP contribution is 2.44. The summed E-state index contributed by atoms with van der Waals surface area (Å²) in [5.41, 5.74) is 15.8. The maximum Gasteiger partial charge on any atom is 0.419 e. The molecule has 0 aliphatic carbocycles. The number of aliphatic hydroxyl groups is 1. The molecule has 524 valence electrons.